The van der Waals surface area contributed by atoms with Crippen LogP contribution in [-0.4, -0.2) is 29.7 Å². The van der Waals surface area contributed by atoms with Gasteiger partial charge in [-0.1, -0.05) is 17.7 Å². The molecule has 0 spiro atoms. The Kier molecular flexibility index (Phi) is 7.56. The second-order valence-corrected chi connectivity index (χ2v) is 8.05. The number of halogens is 3. The molecule has 166 valence electrons. The summed E-state index contributed by atoms with van der Waals surface area (Å²) in [6.07, 6.45) is -0.855. The van der Waals surface area contributed by atoms with Gasteiger partial charge in [0.2, 0.25) is 0 Å². The zero-order valence-corrected chi connectivity index (χ0v) is 18.1. The largest absolute Gasteiger partial charge is 0.444 e. The van der Waals surface area contributed by atoms with Gasteiger partial charge in [0.15, 0.2) is 0 Å². The fourth-order valence-electron chi connectivity index (χ4n) is 2.50. The number of hydrogen-bond donors (Lipinski definition) is 2. The topological polar surface area (TPSA) is 87.7 Å². The van der Waals surface area contributed by atoms with Crippen molar-refractivity contribution < 1.29 is 27.9 Å². The van der Waals surface area contributed by atoms with Crippen LogP contribution in [0.15, 0.2) is 42.5 Å². The molecule has 2 rings (SSSR count). The summed E-state index contributed by atoms with van der Waals surface area (Å²) in [5, 5.41) is 4.86. The number of benzene rings is 2. The average molecular weight is 454 g/mol. The molecule has 0 bridgehead atoms. The highest BCUT2D eigenvalue weighted by Gasteiger charge is 2.30. The van der Waals surface area contributed by atoms with E-state index in [-0.39, 0.29) is 16.4 Å². The minimum absolute atomic E-state index is 0.0877. The Morgan fingerprint density at radius 1 is 1.06 bits per heavy atom. The molecule has 0 aliphatic rings. The molecule has 0 radical (unpaired) electrons. The van der Waals surface area contributed by atoms with Gasteiger partial charge >= 0.3 is 12.1 Å². The predicted molar refractivity (Wildman–Crippen MR) is 113 cm³/mol. The van der Waals surface area contributed by atoms with Crippen LogP contribution in [0.2, 0.25) is 5.02 Å². The van der Waals surface area contributed by atoms with Gasteiger partial charge in [0.05, 0.1) is 5.69 Å². The number of hydrogen-bond acceptors (Lipinski definition) is 4. The van der Waals surface area contributed by atoms with Crippen LogP contribution in [0, 0.1) is 11.6 Å². The average Bonchev–Trinajstić information content (AvgIpc) is 2.59. The summed E-state index contributed by atoms with van der Waals surface area (Å²) in [7, 11) is 0. The molecule has 1 unspecified atom stereocenters. The van der Waals surface area contributed by atoms with Gasteiger partial charge < -0.3 is 15.4 Å². The van der Waals surface area contributed by atoms with E-state index in [1.54, 1.807) is 20.8 Å². The van der Waals surface area contributed by atoms with Gasteiger partial charge in [0.25, 0.3) is 5.91 Å². The van der Waals surface area contributed by atoms with E-state index in [1.165, 1.54) is 31.2 Å². The first kappa shape index (κ1) is 24.1. The Bertz CT molecular complexity index is 975. The number of ether oxygens (including phenoxy) is 1. The molecule has 0 saturated carbocycles. The van der Waals surface area contributed by atoms with Crippen LogP contribution in [0.1, 0.15) is 27.7 Å². The molecule has 2 aromatic rings. The molecule has 2 N–H and O–H groups in total. The highest BCUT2D eigenvalue weighted by atomic mass is 35.5. The number of rotatable bonds is 4. The Balaban J connectivity index is 2.30. The van der Waals surface area contributed by atoms with Gasteiger partial charge in [-0.05, 0) is 58.0 Å². The number of nitrogens with zero attached hydrogens (tertiary/aromatic N) is 1. The molecule has 0 aromatic heterocycles. The summed E-state index contributed by atoms with van der Waals surface area (Å²) in [6, 6.07) is 6.09. The minimum Gasteiger partial charge on any atom is -0.444 e. The molecule has 4 amide bonds. The first-order valence-electron chi connectivity index (χ1n) is 9.22. The summed E-state index contributed by atoms with van der Waals surface area (Å²) in [4.78, 5) is 38.6. The lowest BCUT2D eigenvalue weighted by atomic mass is 10.2. The summed E-state index contributed by atoms with van der Waals surface area (Å²) in [5.41, 5.74) is -0.905. The van der Waals surface area contributed by atoms with Gasteiger partial charge in [0.1, 0.15) is 23.3 Å². The molecule has 31 heavy (non-hydrogen) atoms. The number of carbonyl (C=O) groups excluding carboxylic acids is 3. The standard InChI is InChI=1S/C21H22ClF2N3O4/c1-12(25-20(30)31-21(2,3)4)18(28)27(17-7-5-6-13(22)8-17)19(29)26-16-10-14(23)9-15(24)11-16/h5-12H,1-4H3,(H,25,30)(H,26,29). The molecule has 0 aliphatic heterocycles. The lowest BCUT2D eigenvalue weighted by Crippen LogP contribution is -2.51. The lowest BCUT2D eigenvalue weighted by Gasteiger charge is -2.26. The van der Waals surface area contributed by atoms with E-state index in [0.717, 1.165) is 12.1 Å². The molecule has 1 atom stereocenters. The van der Waals surface area contributed by atoms with Crippen molar-refractivity contribution in [2.24, 2.45) is 0 Å². The highest BCUT2D eigenvalue weighted by Crippen LogP contribution is 2.22. The fraction of sp³-hybridized carbons (Fsp3) is 0.286. The number of urea groups is 1. The van der Waals surface area contributed by atoms with Gasteiger partial charge in [-0.3, -0.25) is 4.79 Å². The monoisotopic (exact) mass is 453 g/mol. The third-order valence-electron chi connectivity index (χ3n) is 3.71. The number of nitrogens with one attached hydrogen (secondary N) is 2. The quantitative estimate of drug-likeness (QED) is 0.674. The molecule has 0 heterocycles. The molecule has 2 aromatic carbocycles. The zero-order chi connectivity index (χ0) is 23.3. The Labute approximate surface area is 183 Å². The fourth-order valence-corrected chi connectivity index (χ4v) is 2.69. The summed E-state index contributed by atoms with van der Waals surface area (Å²) < 4.78 is 32.1. The second-order valence-electron chi connectivity index (χ2n) is 7.61. The molecular weight excluding hydrogens is 432 g/mol. The van der Waals surface area contributed by atoms with Crippen LogP contribution in [-0.2, 0) is 9.53 Å². The van der Waals surface area contributed by atoms with E-state index in [9.17, 15) is 23.2 Å². The molecular formula is C21H22ClF2N3O4. The second kappa shape index (κ2) is 9.74. The van der Waals surface area contributed by atoms with E-state index < -0.39 is 41.3 Å². The van der Waals surface area contributed by atoms with Gasteiger partial charge in [-0.15, -0.1) is 0 Å². The van der Waals surface area contributed by atoms with Crippen molar-refractivity contribution in [1.82, 2.24) is 5.32 Å². The van der Waals surface area contributed by atoms with Gasteiger partial charge in [-0.25, -0.2) is 23.3 Å². The maximum atomic E-state index is 13.5. The Morgan fingerprint density at radius 3 is 2.23 bits per heavy atom. The smallest absolute Gasteiger partial charge is 0.408 e. The predicted octanol–water partition coefficient (Wildman–Crippen LogP) is 5.10. The minimum atomic E-state index is -1.18. The maximum absolute atomic E-state index is 13.5. The van der Waals surface area contributed by atoms with E-state index in [0.29, 0.717) is 11.0 Å². The Morgan fingerprint density at radius 2 is 1.68 bits per heavy atom. The third-order valence-corrected chi connectivity index (χ3v) is 3.94. The first-order chi connectivity index (χ1) is 14.4. The SMILES string of the molecule is CC(NC(=O)OC(C)(C)C)C(=O)N(C(=O)Nc1cc(F)cc(F)c1)c1cccc(Cl)c1. The van der Waals surface area contributed by atoms with E-state index in [4.69, 9.17) is 16.3 Å². The van der Waals surface area contributed by atoms with Crippen molar-refractivity contribution in [2.75, 3.05) is 10.2 Å². The number of imide groups is 1. The van der Waals surface area contributed by atoms with E-state index in [1.807, 2.05) is 0 Å². The molecule has 0 saturated heterocycles. The summed E-state index contributed by atoms with van der Waals surface area (Å²) >= 11 is 5.98. The summed E-state index contributed by atoms with van der Waals surface area (Å²) in [6.45, 7) is 6.33. The van der Waals surface area contributed by atoms with Crippen LogP contribution >= 0.6 is 11.6 Å². The van der Waals surface area contributed by atoms with Crippen LogP contribution in [0.25, 0.3) is 0 Å². The van der Waals surface area contributed by atoms with Crippen molar-refractivity contribution in [2.45, 2.75) is 39.3 Å². The zero-order valence-electron chi connectivity index (χ0n) is 17.3. The van der Waals surface area contributed by atoms with Crippen LogP contribution < -0.4 is 15.5 Å². The van der Waals surface area contributed by atoms with Crippen molar-refractivity contribution in [3.05, 3.63) is 59.1 Å². The lowest BCUT2D eigenvalue weighted by molar-refractivity contribution is -0.119. The number of anilines is 2. The molecule has 10 heteroatoms. The Hall–Kier alpha value is -3.20. The van der Waals surface area contributed by atoms with Crippen LogP contribution in [0.4, 0.5) is 29.7 Å². The molecule has 7 nitrogen and oxygen atoms in total. The number of alkyl carbamates (subject to hydrolysis) is 1. The van der Waals surface area contributed by atoms with E-state index in [2.05, 4.69) is 10.6 Å². The third kappa shape index (κ3) is 7.21. The molecule has 0 fully saturated rings. The number of carbonyl (C=O) groups is 3. The van der Waals surface area contributed by atoms with E-state index >= 15 is 0 Å². The van der Waals surface area contributed by atoms with Crippen molar-refractivity contribution in [3.8, 4) is 0 Å². The van der Waals surface area contributed by atoms with Crippen LogP contribution in [0.5, 0.6) is 0 Å². The number of amides is 4. The van der Waals surface area contributed by atoms with Crippen molar-refractivity contribution in [3.63, 3.8) is 0 Å². The van der Waals surface area contributed by atoms with Crippen LogP contribution in [0.3, 0.4) is 0 Å². The maximum Gasteiger partial charge on any atom is 0.408 e. The van der Waals surface area contributed by atoms with Crippen molar-refractivity contribution in [1.29, 1.82) is 0 Å². The normalized spacial score (nSPS) is 12.0. The first-order valence-corrected chi connectivity index (χ1v) is 9.59. The highest BCUT2D eigenvalue weighted by molar-refractivity contribution is 6.31. The summed E-state index contributed by atoms with van der Waals surface area (Å²) in [5.74, 6) is -2.64. The van der Waals surface area contributed by atoms with Crippen molar-refractivity contribution >= 4 is 41.0 Å². The molecule has 0 aliphatic carbocycles. The van der Waals surface area contributed by atoms with Gasteiger partial charge in [-0.2, -0.15) is 0 Å². The van der Waals surface area contributed by atoms with Gasteiger partial charge in [0, 0.05) is 16.8 Å².